The first-order valence-electron chi connectivity index (χ1n) is 14.1. The lowest BCUT2D eigenvalue weighted by molar-refractivity contribution is -0.886. The highest BCUT2D eigenvalue weighted by molar-refractivity contribution is 5.83. The molecule has 0 aromatic heterocycles. The summed E-state index contributed by atoms with van der Waals surface area (Å²) in [6.07, 6.45) is 24.3. The smallest absolute Gasteiger partial charge is 0.226 e. The van der Waals surface area contributed by atoms with Gasteiger partial charge in [0.25, 0.3) is 0 Å². The first-order chi connectivity index (χ1) is 15.0. The van der Waals surface area contributed by atoms with Gasteiger partial charge in [-0.1, -0.05) is 58.3 Å². The molecule has 0 radical (unpaired) electrons. The number of hydrogen-bond donors (Lipinski definition) is 2. The van der Waals surface area contributed by atoms with Crippen LogP contribution in [0.4, 0.5) is 0 Å². The summed E-state index contributed by atoms with van der Waals surface area (Å²) < 4.78 is 0. The zero-order valence-electron chi connectivity index (χ0n) is 21.5. The Kier molecular flexibility index (Phi) is 12.6. The van der Waals surface area contributed by atoms with Crippen LogP contribution in [-0.4, -0.2) is 32.6 Å². The van der Waals surface area contributed by atoms with E-state index in [1.165, 1.54) is 109 Å². The number of hydrogen-bond acceptors (Lipinski definition) is 1. The van der Waals surface area contributed by atoms with Crippen molar-refractivity contribution in [2.75, 3.05) is 20.6 Å². The van der Waals surface area contributed by atoms with Crippen LogP contribution >= 0.6 is 0 Å². The Morgan fingerprint density at radius 1 is 0.812 bits per heavy atom. The summed E-state index contributed by atoms with van der Waals surface area (Å²) >= 11 is 0. The lowest BCUT2D eigenvalue weighted by Crippen LogP contribution is -3.10. The maximum Gasteiger partial charge on any atom is 0.226 e. The molecule has 2 N–H and O–H groups in total. The van der Waals surface area contributed by atoms with Crippen LogP contribution in [0.5, 0.6) is 0 Å². The quantitative estimate of drug-likeness (QED) is 0.306. The summed E-state index contributed by atoms with van der Waals surface area (Å²) in [7, 11) is 4.62. The minimum Gasteiger partial charge on any atom is -1.00 e. The number of unbranched alkanes of at least 4 members (excludes halogenated alkanes) is 8. The zero-order valence-corrected chi connectivity index (χ0v) is 23.1. The van der Waals surface area contributed by atoms with Crippen LogP contribution in [0.3, 0.4) is 0 Å². The highest BCUT2D eigenvalue weighted by atomic mass is 79.9. The van der Waals surface area contributed by atoms with Gasteiger partial charge in [-0.15, -0.1) is 0 Å². The molecule has 0 aliphatic heterocycles. The lowest BCUT2D eigenvalue weighted by Gasteiger charge is -2.55. The SMILES string of the molecule is CCCCCCCCCCCC(CCCNC(=O)C12CC3CC(CC(C3)C1)C2)[NH+](C)C.[Br-]. The summed E-state index contributed by atoms with van der Waals surface area (Å²) in [6, 6.07) is 0.751. The van der Waals surface area contributed by atoms with Gasteiger partial charge in [-0.05, 0) is 75.5 Å². The van der Waals surface area contributed by atoms with E-state index in [0.29, 0.717) is 5.91 Å². The van der Waals surface area contributed by atoms with E-state index in [1.54, 1.807) is 4.90 Å². The first kappa shape index (κ1) is 28.1. The second kappa shape index (κ2) is 14.3. The van der Waals surface area contributed by atoms with E-state index in [-0.39, 0.29) is 22.4 Å². The third-order valence-electron chi connectivity index (χ3n) is 9.01. The van der Waals surface area contributed by atoms with Crippen molar-refractivity contribution in [1.29, 1.82) is 0 Å². The van der Waals surface area contributed by atoms with E-state index >= 15 is 0 Å². The third-order valence-corrected chi connectivity index (χ3v) is 9.01. The molecule has 1 unspecified atom stereocenters. The normalized spacial score (nSPS) is 29.2. The molecule has 4 aliphatic carbocycles. The van der Waals surface area contributed by atoms with E-state index < -0.39 is 0 Å². The summed E-state index contributed by atoms with van der Waals surface area (Å²) in [5.74, 6) is 2.99. The first-order valence-corrected chi connectivity index (χ1v) is 14.1. The van der Waals surface area contributed by atoms with Crippen molar-refractivity contribution in [3.8, 4) is 0 Å². The number of amides is 1. The Labute approximate surface area is 210 Å². The minimum absolute atomic E-state index is 0. The van der Waals surface area contributed by atoms with Crippen LogP contribution < -0.4 is 27.2 Å². The van der Waals surface area contributed by atoms with Gasteiger partial charge in [-0.25, -0.2) is 0 Å². The van der Waals surface area contributed by atoms with Gasteiger partial charge in [0.05, 0.1) is 20.1 Å². The molecule has 4 bridgehead atoms. The fourth-order valence-electron chi connectivity index (χ4n) is 7.55. The summed E-state index contributed by atoms with van der Waals surface area (Å²) in [5, 5.41) is 3.39. The molecule has 188 valence electrons. The van der Waals surface area contributed by atoms with E-state index in [4.69, 9.17) is 0 Å². The molecule has 3 nitrogen and oxygen atoms in total. The maximum absolute atomic E-state index is 13.1. The molecule has 0 saturated heterocycles. The minimum atomic E-state index is 0. The fourth-order valence-corrected chi connectivity index (χ4v) is 7.55. The van der Waals surface area contributed by atoms with Crippen LogP contribution in [-0.2, 0) is 4.79 Å². The molecule has 1 atom stereocenters. The molecule has 0 heterocycles. The predicted molar refractivity (Wildman–Crippen MR) is 131 cm³/mol. The molecular formula is C28H53BrN2O. The second-order valence-electron chi connectivity index (χ2n) is 12.0. The van der Waals surface area contributed by atoms with Gasteiger partial charge >= 0.3 is 0 Å². The molecule has 4 aliphatic rings. The summed E-state index contributed by atoms with van der Waals surface area (Å²) in [4.78, 5) is 14.7. The van der Waals surface area contributed by atoms with Gasteiger partial charge in [-0.3, -0.25) is 4.79 Å². The van der Waals surface area contributed by atoms with Crippen molar-refractivity contribution in [2.24, 2.45) is 23.2 Å². The molecule has 0 spiro atoms. The van der Waals surface area contributed by atoms with Crippen molar-refractivity contribution in [3.05, 3.63) is 0 Å². The Morgan fingerprint density at radius 3 is 1.78 bits per heavy atom. The molecule has 1 amide bonds. The van der Waals surface area contributed by atoms with Gasteiger partial charge < -0.3 is 27.2 Å². The van der Waals surface area contributed by atoms with Crippen LogP contribution in [0, 0.1) is 23.2 Å². The standard InChI is InChI=1S/C28H52N2O.BrH/c1-4-5-6-7-8-9-10-11-12-14-26(30(2)3)15-13-16-29-27(31)28-20-23-17-24(21-28)19-25(18-23)22-28;/h23-26H,4-22H2,1-3H3,(H,29,31);1H. The van der Waals surface area contributed by atoms with E-state index in [9.17, 15) is 4.79 Å². The Balaban J connectivity index is 0.00000363. The molecule has 32 heavy (non-hydrogen) atoms. The van der Waals surface area contributed by atoms with Gasteiger partial charge in [0.15, 0.2) is 0 Å². The van der Waals surface area contributed by atoms with Crippen LogP contribution in [0.1, 0.15) is 122 Å². The molecule has 4 rings (SSSR count). The van der Waals surface area contributed by atoms with Crippen molar-refractivity contribution < 1.29 is 26.7 Å². The monoisotopic (exact) mass is 512 g/mol. The average molecular weight is 514 g/mol. The van der Waals surface area contributed by atoms with Gasteiger partial charge in [0.2, 0.25) is 5.91 Å². The number of carbonyl (C=O) groups excluding carboxylic acids is 1. The third kappa shape index (κ3) is 8.29. The van der Waals surface area contributed by atoms with Crippen LogP contribution in [0.25, 0.3) is 0 Å². The summed E-state index contributed by atoms with van der Waals surface area (Å²) in [6.45, 7) is 3.18. The Hall–Kier alpha value is -0.0900. The summed E-state index contributed by atoms with van der Waals surface area (Å²) in [5.41, 5.74) is 0.0253. The second-order valence-corrected chi connectivity index (χ2v) is 12.0. The van der Waals surface area contributed by atoms with Gasteiger partial charge in [0.1, 0.15) is 0 Å². The number of quaternary nitrogens is 1. The van der Waals surface area contributed by atoms with Gasteiger partial charge in [-0.2, -0.15) is 0 Å². The van der Waals surface area contributed by atoms with E-state index in [2.05, 4.69) is 26.3 Å². The molecule has 0 aromatic rings. The number of nitrogens with one attached hydrogen (secondary N) is 2. The number of halogens is 1. The average Bonchev–Trinajstić information content (AvgIpc) is 2.72. The molecular weight excluding hydrogens is 460 g/mol. The molecule has 4 saturated carbocycles. The van der Waals surface area contributed by atoms with E-state index in [1.807, 2.05) is 0 Å². The highest BCUT2D eigenvalue weighted by Gasteiger charge is 2.54. The number of carbonyl (C=O) groups is 1. The maximum atomic E-state index is 13.1. The van der Waals surface area contributed by atoms with Crippen molar-refractivity contribution in [1.82, 2.24) is 5.32 Å². The Morgan fingerprint density at radius 2 is 1.28 bits per heavy atom. The van der Waals surface area contributed by atoms with Crippen molar-refractivity contribution >= 4 is 5.91 Å². The van der Waals surface area contributed by atoms with Crippen LogP contribution in [0.2, 0.25) is 0 Å². The number of rotatable bonds is 16. The molecule has 4 fully saturated rings. The lowest BCUT2D eigenvalue weighted by atomic mass is 9.49. The highest BCUT2D eigenvalue weighted by Crippen LogP contribution is 2.60. The molecule has 0 aromatic carbocycles. The van der Waals surface area contributed by atoms with Crippen molar-refractivity contribution in [2.45, 2.75) is 129 Å². The zero-order chi connectivity index (χ0) is 22.1. The topological polar surface area (TPSA) is 33.5 Å². The molecule has 4 heteroatoms. The van der Waals surface area contributed by atoms with E-state index in [0.717, 1.165) is 36.8 Å². The van der Waals surface area contributed by atoms with Crippen LogP contribution in [0.15, 0.2) is 0 Å². The Bertz CT molecular complexity index is 500. The largest absolute Gasteiger partial charge is 1.00 e. The van der Waals surface area contributed by atoms with Gasteiger partial charge in [0, 0.05) is 18.4 Å². The fraction of sp³-hybridized carbons (Fsp3) is 0.964. The predicted octanol–water partition coefficient (Wildman–Crippen LogP) is 2.54. The van der Waals surface area contributed by atoms with Crippen molar-refractivity contribution in [3.63, 3.8) is 0 Å².